The molecule has 3 aliphatic rings. The molecule has 1 saturated carbocycles. The number of hydrogen-bond acceptors (Lipinski definition) is 4. The molecular formula is C29H33NO4. The summed E-state index contributed by atoms with van der Waals surface area (Å²) in [7, 11) is 0. The van der Waals surface area contributed by atoms with Gasteiger partial charge in [-0.15, -0.1) is 0 Å². The lowest BCUT2D eigenvalue weighted by Gasteiger charge is -2.30. The summed E-state index contributed by atoms with van der Waals surface area (Å²) >= 11 is 0. The van der Waals surface area contributed by atoms with E-state index in [0.717, 1.165) is 66.6 Å². The first-order valence-corrected chi connectivity index (χ1v) is 12.5. The van der Waals surface area contributed by atoms with E-state index < -0.39 is 6.09 Å². The van der Waals surface area contributed by atoms with E-state index in [1.807, 2.05) is 48.5 Å². The van der Waals surface area contributed by atoms with Gasteiger partial charge in [-0.05, 0) is 61.3 Å². The third-order valence-electron chi connectivity index (χ3n) is 7.08. The maximum absolute atomic E-state index is 12.4. The highest BCUT2D eigenvalue weighted by molar-refractivity contribution is 5.84. The van der Waals surface area contributed by atoms with E-state index in [9.17, 15) is 9.90 Å². The van der Waals surface area contributed by atoms with Crippen molar-refractivity contribution in [1.82, 2.24) is 0 Å². The number of anilines is 1. The number of carbonyl (C=O) groups excluding carboxylic acids is 1. The van der Waals surface area contributed by atoms with Gasteiger partial charge in [-0.25, -0.2) is 4.79 Å². The Morgan fingerprint density at radius 1 is 1.03 bits per heavy atom. The van der Waals surface area contributed by atoms with Crippen molar-refractivity contribution in [2.24, 2.45) is 5.92 Å². The van der Waals surface area contributed by atoms with E-state index in [2.05, 4.69) is 11.4 Å². The molecule has 0 bridgehead atoms. The first kappa shape index (κ1) is 22.6. The van der Waals surface area contributed by atoms with Gasteiger partial charge in [-0.2, -0.15) is 0 Å². The normalized spacial score (nSPS) is 19.4. The fourth-order valence-electron chi connectivity index (χ4n) is 5.18. The molecule has 0 saturated heterocycles. The van der Waals surface area contributed by atoms with Crippen LogP contribution in [0.4, 0.5) is 10.5 Å². The van der Waals surface area contributed by atoms with Gasteiger partial charge in [0.05, 0.1) is 0 Å². The van der Waals surface area contributed by atoms with Gasteiger partial charge in [-0.1, -0.05) is 55.3 Å². The van der Waals surface area contributed by atoms with Gasteiger partial charge < -0.3 is 14.6 Å². The minimum Gasteiger partial charge on any atom is -0.507 e. The molecule has 178 valence electrons. The molecule has 0 unspecified atom stereocenters. The van der Waals surface area contributed by atoms with E-state index in [1.165, 1.54) is 12.8 Å². The van der Waals surface area contributed by atoms with E-state index in [4.69, 9.17) is 9.47 Å². The number of aliphatic hydroxyl groups is 1. The molecule has 5 heteroatoms. The maximum Gasteiger partial charge on any atom is 0.411 e. The average Bonchev–Trinajstić information content (AvgIpc) is 3.66. The summed E-state index contributed by atoms with van der Waals surface area (Å²) in [6.07, 6.45) is 8.28. The molecular weight excluding hydrogens is 426 g/mol. The van der Waals surface area contributed by atoms with Crippen LogP contribution in [0.15, 0.2) is 77.3 Å². The lowest BCUT2D eigenvalue weighted by Crippen LogP contribution is -2.20. The second-order valence-corrected chi connectivity index (χ2v) is 9.61. The Balaban J connectivity index is 1.34. The maximum atomic E-state index is 12.4. The van der Waals surface area contributed by atoms with Crippen LogP contribution in [0.3, 0.4) is 0 Å². The number of nitrogens with one attached hydrogen (secondary N) is 1. The summed E-state index contributed by atoms with van der Waals surface area (Å²) in [5.74, 6) is 2.05. The van der Waals surface area contributed by atoms with Crippen LogP contribution in [0.5, 0.6) is 0 Å². The molecule has 0 radical (unpaired) electrons. The smallest absolute Gasteiger partial charge is 0.411 e. The van der Waals surface area contributed by atoms with Crippen LogP contribution in [0.25, 0.3) is 0 Å². The standard InChI is InChI=1S/C29H33NO4/c31-28-24-13-6-1-2-7-14-26(24)33-19-25(28)27(21-15-16-21)22-11-8-12-23(17-22)30-29(32)34-18-20-9-4-3-5-10-20/h3-5,8-12,17,21,27,31H,1-2,6-7,13-16,18-19H2,(H,30,32)/t27-/m0/s1. The fourth-order valence-corrected chi connectivity index (χ4v) is 5.18. The molecule has 0 spiro atoms. The molecule has 2 aromatic rings. The molecule has 1 amide bonds. The molecule has 1 aliphatic heterocycles. The lowest BCUT2D eigenvalue weighted by molar-refractivity contribution is 0.155. The van der Waals surface area contributed by atoms with Crippen LogP contribution in [-0.2, 0) is 16.1 Å². The third-order valence-corrected chi connectivity index (χ3v) is 7.08. The van der Waals surface area contributed by atoms with Crippen LogP contribution < -0.4 is 5.32 Å². The van der Waals surface area contributed by atoms with Crippen LogP contribution in [0.1, 0.15) is 68.4 Å². The summed E-state index contributed by atoms with van der Waals surface area (Å²) in [6, 6.07) is 17.6. The van der Waals surface area contributed by atoms with Gasteiger partial charge in [0.2, 0.25) is 0 Å². The van der Waals surface area contributed by atoms with E-state index in [0.29, 0.717) is 24.0 Å². The zero-order chi connectivity index (χ0) is 23.3. The van der Waals surface area contributed by atoms with Crippen molar-refractivity contribution in [3.63, 3.8) is 0 Å². The second kappa shape index (κ2) is 10.4. The predicted octanol–water partition coefficient (Wildman–Crippen LogP) is 7.38. The van der Waals surface area contributed by atoms with Crippen molar-refractivity contribution in [2.45, 2.75) is 63.9 Å². The summed E-state index contributed by atoms with van der Waals surface area (Å²) in [6.45, 7) is 0.676. The van der Waals surface area contributed by atoms with Crippen LogP contribution in [-0.4, -0.2) is 17.8 Å². The molecule has 5 rings (SSSR count). The third kappa shape index (κ3) is 5.30. The topological polar surface area (TPSA) is 67.8 Å². The highest BCUT2D eigenvalue weighted by atomic mass is 16.5. The first-order chi connectivity index (χ1) is 16.7. The van der Waals surface area contributed by atoms with Gasteiger partial charge in [0.1, 0.15) is 24.7 Å². The van der Waals surface area contributed by atoms with E-state index >= 15 is 0 Å². The molecule has 5 nitrogen and oxygen atoms in total. The number of carbonyl (C=O) groups is 1. The van der Waals surface area contributed by atoms with Gasteiger partial charge >= 0.3 is 6.09 Å². The summed E-state index contributed by atoms with van der Waals surface area (Å²) < 4.78 is 11.6. The van der Waals surface area contributed by atoms with Gasteiger partial charge in [0, 0.05) is 29.2 Å². The monoisotopic (exact) mass is 459 g/mol. The number of ether oxygens (including phenoxy) is 2. The molecule has 1 fully saturated rings. The second-order valence-electron chi connectivity index (χ2n) is 9.61. The number of hydrogen-bond donors (Lipinski definition) is 2. The van der Waals surface area contributed by atoms with Crippen molar-refractivity contribution in [3.8, 4) is 0 Å². The molecule has 1 atom stereocenters. The van der Waals surface area contributed by atoms with Gasteiger partial charge in [0.15, 0.2) is 0 Å². The predicted molar refractivity (Wildman–Crippen MR) is 132 cm³/mol. The van der Waals surface area contributed by atoms with Crippen LogP contribution >= 0.6 is 0 Å². The first-order valence-electron chi connectivity index (χ1n) is 12.5. The summed E-state index contributed by atoms with van der Waals surface area (Å²) in [4.78, 5) is 12.4. The number of benzene rings is 2. The Hall–Kier alpha value is -3.21. The number of rotatable bonds is 6. The SMILES string of the molecule is O=C(Nc1cccc([C@@H](C2=C(O)C3=C(CCCCCC3)OC2)C2CC2)c1)OCc1ccccc1. The van der Waals surface area contributed by atoms with Crippen molar-refractivity contribution in [1.29, 1.82) is 0 Å². The van der Waals surface area contributed by atoms with E-state index in [-0.39, 0.29) is 12.5 Å². The fraction of sp³-hybridized carbons (Fsp3) is 0.414. The Kier molecular flexibility index (Phi) is 6.89. The lowest BCUT2D eigenvalue weighted by atomic mass is 9.83. The molecule has 2 aliphatic carbocycles. The highest BCUT2D eigenvalue weighted by Crippen LogP contribution is 2.49. The Morgan fingerprint density at radius 2 is 1.82 bits per heavy atom. The molecule has 2 aromatic carbocycles. The van der Waals surface area contributed by atoms with Gasteiger partial charge in [0.25, 0.3) is 0 Å². The quantitative estimate of drug-likeness (QED) is 0.473. The van der Waals surface area contributed by atoms with Gasteiger partial charge in [-0.3, -0.25) is 5.32 Å². The Labute approximate surface area is 201 Å². The van der Waals surface area contributed by atoms with Crippen LogP contribution in [0.2, 0.25) is 0 Å². The zero-order valence-electron chi connectivity index (χ0n) is 19.6. The summed E-state index contributed by atoms with van der Waals surface area (Å²) in [5, 5.41) is 14.2. The average molecular weight is 460 g/mol. The zero-order valence-corrected chi connectivity index (χ0v) is 19.6. The number of amides is 1. The highest BCUT2D eigenvalue weighted by Gasteiger charge is 2.38. The number of aliphatic hydroxyl groups excluding tert-OH is 1. The van der Waals surface area contributed by atoms with Crippen molar-refractivity contribution >= 4 is 11.8 Å². The minimum atomic E-state index is -0.476. The molecule has 2 N–H and O–H groups in total. The largest absolute Gasteiger partial charge is 0.507 e. The molecule has 0 aromatic heterocycles. The number of allylic oxidation sites excluding steroid dienone is 2. The van der Waals surface area contributed by atoms with Crippen molar-refractivity contribution in [2.75, 3.05) is 11.9 Å². The Morgan fingerprint density at radius 3 is 2.62 bits per heavy atom. The van der Waals surface area contributed by atoms with E-state index in [1.54, 1.807) is 0 Å². The summed E-state index contributed by atoms with van der Waals surface area (Å²) in [5.41, 5.74) is 4.76. The Bertz CT molecular complexity index is 1080. The minimum absolute atomic E-state index is 0.0987. The van der Waals surface area contributed by atoms with Crippen LogP contribution in [0, 0.1) is 5.92 Å². The van der Waals surface area contributed by atoms with Crippen molar-refractivity contribution < 1.29 is 19.4 Å². The molecule has 1 heterocycles. The van der Waals surface area contributed by atoms with Crippen molar-refractivity contribution in [3.05, 3.63) is 88.4 Å². The molecule has 34 heavy (non-hydrogen) atoms.